The Kier molecular flexibility index (Phi) is 12.1. The molecule has 0 atom stereocenters. The van der Waals surface area contributed by atoms with Gasteiger partial charge in [0, 0.05) is 23.5 Å². The second-order valence-corrected chi connectivity index (χ2v) is 8.94. The number of aldehydes is 1. The van der Waals surface area contributed by atoms with Crippen LogP contribution in [-0.4, -0.2) is 16.1 Å². The standard InChI is InChI=1S/C26H27N3O.C4H10.C2H6/c1-18(2)29-26-13-11-22(21-9-5-6-19(14-21)16-27)15-24(26)25(28-29)12-10-20-7-3-4-8-23(20)17-30;1-3-4-2;1-2/h3-9,11,13-15,17-18H,10,12,16,27H2,1-2H3;3-4H2,1-2H3;1-2H3. The molecule has 4 rings (SSSR count). The summed E-state index contributed by atoms with van der Waals surface area (Å²) in [7, 11) is 0. The molecule has 0 aliphatic rings. The molecule has 0 aliphatic carbocycles. The van der Waals surface area contributed by atoms with Crippen LogP contribution in [0.1, 0.15) is 87.6 Å². The van der Waals surface area contributed by atoms with E-state index in [9.17, 15) is 4.79 Å². The number of benzene rings is 3. The van der Waals surface area contributed by atoms with Gasteiger partial charge in [-0.3, -0.25) is 9.48 Å². The monoisotopic (exact) mass is 485 g/mol. The van der Waals surface area contributed by atoms with Crippen LogP contribution < -0.4 is 5.73 Å². The topological polar surface area (TPSA) is 60.9 Å². The van der Waals surface area contributed by atoms with Crippen molar-refractivity contribution in [3.63, 3.8) is 0 Å². The van der Waals surface area contributed by atoms with Crippen LogP contribution in [0.3, 0.4) is 0 Å². The van der Waals surface area contributed by atoms with Gasteiger partial charge in [-0.15, -0.1) is 0 Å². The molecular formula is C32H43N3O. The summed E-state index contributed by atoms with van der Waals surface area (Å²) in [5, 5.41) is 6.11. The summed E-state index contributed by atoms with van der Waals surface area (Å²) in [4.78, 5) is 11.4. The van der Waals surface area contributed by atoms with Crippen LogP contribution in [0.25, 0.3) is 22.0 Å². The molecule has 0 amide bonds. The molecule has 4 heteroatoms. The molecule has 36 heavy (non-hydrogen) atoms. The minimum atomic E-state index is 0.273. The third-order valence-corrected chi connectivity index (χ3v) is 6.08. The Labute approximate surface area is 217 Å². The molecule has 0 radical (unpaired) electrons. The SMILES string of the molecule is CC.CC(C)n1nc(CCc2ccccc2C=O)c2cc(-c3cccc(CN)c3)ccc21.CCCC. The molecule has 0 saturated carbocycles. The van der Waals surface area contributed by atoms with E-state index >= 15 is 0 Å². The molecule has 0 saturated heterocycles. The highest BCUT2D eigenvalue weighted by atomic mass is 16.1. The van der Waals surface area contributed by atoms with E-state index in [0.717, 1.165) is 58.2 Å². The zero-order valence-corrected chi connectivity index (χ0v) is 22.9. The fraction of sp³-hybridized carbons (Fsp3) is 0.375. The van der Waals surface area contributed by atoms with Crippen molar-refractivity contribution in [1.82, 2.24) is 9.78 Å². The number of aromatic nitrogens is 2. The van der Waals surface area contributed by atoms with E-state index in [4.69, 9.17) is 10.8 Å². The van der Waals surface area contributed by atoms with E-state index in [1.165, 1.54) is 18.2 Å². The summed E-state index contributed by atoms with van der Waals surface area (Å²) in [6.45, 7) is 13.2. The first-order valence-electron chi connectivity index (χ1n) is 13.4. The largest absolute Gasteiger partial charge is 0.326 e. The van der Waals surface area contributed by atoms with Crippen molar-refractivity contribution in [2.75, 3.05) is 0 Å². The highest BCUT2D eigenvalue weighted by Crippen LogP contribution is 2.29. The molecule has 0 aliphatic heterocycles. The molecule has 4 aromatic rings. The van der Waals surface area contributed by atoms with Gasteiger partial charge in [0.1, 0.15) is 6.29 Å². The molecule has 2 N–H and O–H groups in total. The van der Waals surface area contributed by atoms with Crippen molar-refractivity contribution >= 4 is 17.2 Å². The van der Waals surface area contributed by atoms with Crippen LogP contribution in [0, 0.1) is 0 Å². The maximum absolute atomic E-state index is 11.4. The van der Waals surface area contributed by atoms with Crippen LogP contribution >= 0.6 is 0 Å². The lowest BCUT2D eigenvalue weighted by atomic mass is 9.98. The molecule has 3 aromatic carbocycles. The Morgan fingerprint density at radius 3 is 2.22 bits per heavy atom. The number of hydrogen-bond acceptors (Lipinski definition) is 3. The first-order chi connectivity index (χ1) is 17.5. The predicted octanol–water partition coefficient (Wildman–Crippen LogP) is 8.17. The Bertz CT molecular complexity index is 1220. The van der Waals surface area contributed by atoms with Crippen molar-refractivity contribution in [2.24, 2.45) is 5.73 Å². The van der Waals surface area contributed by atoms with E-state index in [1.807, 2.05) is 38.1 Å². The molecule has 0 fully saturated rings. The molecule has 192 valence electrons. The van der Waals surface area contributed by atoms with Gasteiger partial charge in [0.15, 0.2) is 0 Å². The Morgan fingerprint density at radius 1 is 0.889 bits per heavy atom. The minimum Gasteiger partial charge on any atom is -0.326 e. The van der Waals surface area contributed by atoms with Crippen molar-refractivity contribution in [1.29, 1.82) is 0 Å². The fourth-order valence-electron chi connectivity index (χ4n) is 3.97. The van der Waals surface area contributed by atoms with Gasteiger partial charge in [0.2, 0.25) is 0 Å². The Hall–Kier alpha value is -3.24. The van der Waals surface area contributed by atoms with Gasteiger partial charge in [-0.1, -0.05) is 89.1 Å². The average Bonchev–Trinajstić information content (AvgIpc) is 3.31. The van der Waals surface area contributed by atoms with E-state index in [2.05, 4.69) is 74.8 Å². The number of unbranched alkanes of at least 4 members (excludes halogenated alkanes) is 1. The summed E-state index contributed by atoms with van der Waals surface area (Å²) >= 11 is 0. The Balaban J connectivity index is 0.000000694. The average molecular weight is 486 g/mol. The van der Waals surface area contributed by atoms with Gasteiger partial charge < -0.3 is 5.73 Å². The summed E-state index contributed by atoms with van der Waals surface area (Å²) in [5.41, 5.74) is 13.3. The van der Waals surface area contributed by atoms with Gasteiger partial charge >= 0.3 is 0 Å². The van der Waals surface area contributed by atoms with E-state index in [0.29, 0.717) is 6.54 Å². The number of nitrogens with zero attached hydrogens (tertiary/aromatic N) is 2. The van der Waals surface area contributed by atoms with Crippen LogP contribution in [0.5, 0.6) is 0 Å². The Morgan fingerprint density at radius 2 is 1.58 bits per heavy atom. The first-order valence-corrected chi connectivity index (χ1v) is 13.4. The van der Waals surface area contributed by atoms with E-state index in [-0.39, 0.29) is 6.04 Å². The van der Waals surface area contributed by atoms with Crippen LogP contribution in [0.4, 0.5) is 0 Å². The van der Waals surface area contributed by atoms with Gasteiger partial charge in [-0.2, -0.15) is 5.10 Å². The van der Waals surface area contributed by atoms with Gasteiger partial charge in [-0.25, -0.2) is 0 Å². The van der Waals surface area contributed by atoms with E-state index < -0.39 is 0 Å². The molecular weight excluding hydrogens is 442 g/mol. The summed E-state index contributed by atoms with van der Waals surface area (Å²) < 4.78 is 2.09. The minimum absolute atomic E-state index is 0.273. The second-order valence-electron chi connectivity index (χ2n) is 8.94. The zero-order valence-electron chi connectivity index (χ0n) is 22.9. The van der Waals surface area contributed by atoms with Gasteiger partial charge in [-0.05, 0) is 67.1 Å². The quantitative estimate of drug-likeness (QED) is 0.256. The summed E-state index contributed by atoms with van der Waals surface area (Å²) in [5.74, 6) is 0. The number of nitrogens with two attached hydrogens (primary N) is 1. The lowest BCUT2D eigenvalue weighted by Gasteiger charge is -2.08. The summed E-state index contributed by atoms with van der Waals surface area (Å²) in [6.07, 6.45) is 5.14. The molecule has 0 unspecified atom stereocenters. The lowest BCUT2D eigenvalue weighted by Crippen LogP contribution is -2.03. The molecule has 1 heterocycles. The smallest absolute Gasteiger partial charge is 0.150 e. The maximum atomic E-state index is 11.4. The van der Waals surface area contributed by atoms with Crippen molar-refractivity contribution in [3.05, 3.63) is 89.1 Å². The van der Waals surface area contributed by atoms with Crippen LogP contribution in [0.2, 0.25) is 0 Å². The number of fused-ring (bicyclic) bond motifs is 1. The molecule has 0 spiro atoms. The zero-order chi connectivity index (χ0) is 26.5. The number of carbonyl (C=O) groups excluding carboxylic acids is 1. The van der Waals surface area contributed by atoms with Gasteiger partial charge in [0.25, 0.3) is 0 Å². The summed E-state index contributed by atoms with van der Waals surface area (Å²) in [6, 6.07) is 23.0. The first kappa shape index (κ1) is 29.0. The van der Waals surface area contributed by atoms with Crippen molar-refractivity contribution in [3.8, 4) is 11.1 Å². The third-order valence-electron chi connectivity index (χ3n) is 6.08. The number of rotatable bonds is 8. The lowest BCUT2D eigenvalue weighted by molar-refractivity contribution is 0.112. The molecule has 4 nitrogen and oxygen atoms in total. The van der Waals surface area contributed by atoms with Crippen LogP contribution in [0.15, 0.2) is 66.7 Å². The maximum Gasteiger partial charge on any atom is 0.150 e. The van der Waals surface area contributed by atoms with Crippen molar-refractivity contribution in [2.45, 2.75) is 79.8 Å². The number of aryl methyl sites for hydroxylation is 2. The van der Waals surface area contributed by atoms with E-state index in [1.54, 1.807) is 0 Å². The molecule has 1 aromatic heterocycles. The second kappa shape index (κ2) is 15.0. The van der Waals surface area contributed by atoms with Crippen LogP contribution in [-0.2, 0) is 19.4 Å². The number of carbonyl (C=O) groups is 1. The van der Waals surface area contributed by atoms with Gasteiger partial charge in [0.05, 0.1) is 11.2 Å². The third kappa shape index (κ3) is 7.38. The molecule has 0 bridgehead atoms. The fourth-order valence-corrected chi connectivity index (χ4v) is 3.97. The highest BCUT2D eigenvalue weighted by Gasteiger charge is 2.14. The highest BCUT2D eigenvalue weighted by molar-refractivity contribution is 5.87. The number of hydrogen-bond donors (Lipinski definition) is 1. The predicted molar refractivity (Wildman–Crippen MR) is 155 cm³/mol. The van der Waals surface area contributed by atoms with Crippen molar-refractivity contribution < 1.29 is 4.79 Å². The normalized spacial score (nSPS) is 10.4.